The number of carbonyl (C=O) groups is 1. The number of aryl methyl sites for hydroxylation is 1. The summed E-state index contributed by atoms with van der Waals surface area (Å²) < 4.78 is 2.04. The van der Waals surface area contributed by atoms with Crippen LogP contribution in [0.3, 0.4) is 0 Å². The van der Waals surface area contributed by atoms with Gasteiger partial charge in [-0.2, -0.15) is 0 Å². The summed E-state index contributed by atoms with van der Waals surface area (Å²) in [5.41, 5.74) is 10.5. The van der Waals surface area contributed by atoms with Crippen LogP contribution in [-0.2, 0) is 11.3 Å². The minimum atomic E-state index is -0.589. The van der Waals surface area contributed by atoms with E-state index in [2.05, 4.69) is 10.3 Å². The number of hydrogen-bond acceptors (Lipinski definition) is 4. The maximum absolute atomic E-state index is 10.6. The lowest BCUT2D eigenvalue weighted by atomic mass is 10.2. The molecule has 0 fully saturated rings. The van der Waals surface area contributed by atoms with E-state index in [1.165, 1.54) is 0 Å². The van der Waals surface area contributed by atoms with Gasteiger partial charge in [0, 0.05) is 25.5 Å². The molecule has 0 radical (unpaired) electrons. The number of imidazole rings is 1. The van der Waals surface area contributed by atoms with Crippen molar-refractivity contribution in [1.82, 2.24) is 14.9 Å². The quantitative estimate of drug-likeness (QED) is 0.497. The van der Waals surface area contributed by atoms with Gasteiger partial charge in [0.1, 0.15) is 0 Å². The summed E-state index contributed by atoms with van der Waals surface area (Å²) in [5.74, 6) is -0.467. The van der Waals surface area contributed by atoms with E-state index in [9.17, 15) is 4.79 Å². The summed E-state index contributed by atoms with van der Waals surface area (Å²) in [6, 6.07) is -0.589. The number of nitrogens with zero attached hydrogens (tertiary/aromatic N) is 2. The van der Waals surface area contributed by atoms with Crippen molar-refractivity contribution in [2.24, 2.45) is 11.5 Å². The normalized spacial score (nSPS) is 12.6. The minimum absolute atomic E-state index is 0.445. The monoisotopic (exact) mass is 225 g/mol. The number of amides is 1. The molecule has 1 aromatic heterocycles. The van der Waals surface area contributed by atoms with E-state index in [-0.39, 0.29) is 0 Å². The summed E-state index contributed by atoms with van der Waals surface area (Å²) in [4.78, 5) is 14.6. The highest BCUT2D eigenvalue weighted by atomic mass is 16.1. The molecule has 6 nitrogen and oxygen atoms in total. The highest BCUT2D eigenvalue weighted by Crippen LogP contribution is 1.93. The van der Waals surface area contributed by atoms with E-state index in [0.29, 0.717) is 6.54 Å². The molecule has 0 aliphatic carbocycles. The summed E-state index contributed by atoms with van der Waals surface area (Å²) in [7, 11) is 0. The Morgan fingerprint density at radius 2 is 2.31 bits per heavy atom. The van der Waals surface area contributed by atoms with E-state index in [4.69, 9.17) is 11.5 Å². The van der Waals surface area contributed by atoms with Gasteiger partial charge in [-0.25, -0.2) is 4.98 Å². The minimum Gasteiger partial charge on any atom is -0.368 e. The molecule has 1 aromatic rings. The molecule has 0 bridgehead atoms. The summed E-state index contributed by atoms with van der Waals surface area (Å²) in [6.45, 7) is 2.25. The van der Waals surface area contributed by atoms with Gasteiger partial charge >= 0.3 is 0 Å². The van der Waals surface area contributed by atoms with Crippen LogP contribution in [0.1, 0.15) is 12.8 Å². The average molecular weight is 225 g/mol. The molecule has 0 spiro atoms. The van der Waals surface area contributed by atoms with Gasteiger partial charge in [0.2, 0.25) is 5.91 Å². The average Bonchev–Trinajstić information content (AvgIpc) is 2.75. The van der Waals surface area contributed by atoms with E-state index >= 15 is 0 Å². The number of nitrogens with two attached hydrogens (primary N) is 2. The van der Waals surface area contributed by atoms with E-state index in [1.54, 1.807) is 12.5 Å². The van der Waals surface area contributed by atoms with Crippen LogP contribution in [0.4, 0.5) is 0 Å². The number of primary amides is 1. The molecule has 5 N–H and O–H groups in total. The third-order valence-electron chi connectivity index (χ3n) is 2.31. The molecule has 0 aromatic carbocycles. The molecule has 1 atom stereocenters. The van der Waals surface area contributed by atoms with Crippen LogP contribution in [-0.4, -0.2) is 34.6 Å². The highest BCUT2D eigenvalue weighted by Gasteiger charge is 2.06. The lowest BCUT2D eigenvalue weighted by Crippen LogP contribution is -2.44. The number of carbonyl (C=O) groups excluding carboxylic acids is 1. The van der Waals surface area contributed by atoms with Crippen LogP contribution in [0, 0.1) is 0 Å². The topological polar surface area (TPSA) is 99.0 Å². The van der Waals surface area contributed by atoms with Crippen molar-refractivity contribution in [1.29, 1.82) is 0 Å². The van der Waals surface area contributed by atoms with E-state index in [1.807, 2.05) is 10.8 Å². The zero-order valence-corrected chi connectivity index (χ0v) is 9.30. The van der Waals surface area contributed by atoms with E-state index < -0.39 is 11.9 Å². The highest BCUT2D eigenvalue weighted by molar-refractivity contribution is 5.79. The number of nitrogens with one attached hydrogen (secondary N) is 1. The Balaban J connectivity index is 1.94. The number of hydrogen-bond donors (Lipinski definition) is 3. The van der Waals surface area contributed by atoms with Crippen molar-refractivity contribution in [3.8, 4) is 0 Å². The van der Waals surface area contributed by atoms with Crippen LogP contribution in [0.15, 0.2) is 18.7 Å². The molecule has 1 heterocycles. The Kier molecular flexibility index (Phi) is 5.52. The Hall–Kier alpha value is -1.40. The second kappa shape index (κ2) is 6.97. The fraction of sp³-hybridized carbons (Fsp3) is 0.600. The second-order valence-electron chi connectivity index (χ2n) is 3.72. The van der Waals surface area contributed by atoms with Gasteiger partial charge in [-0.3, -0.25) is 4.79 Å². The van der Waals surface area contributed by atoms with Crippen molar-refractivity contribution in [2.45, 2.75) is 25.4 Å². The lowest BCUT2D eigenvalue weighted by Gasteiger charge is -2.08. The first-order valence-corrected chi connectivity index (χ1v) is 5.41. The smallest absolute Gasteiger partial charge is 0.235 e. The number of rotatable bonds is 8. The van der Waals surface area contributed by atoms with Crippen LogP contribution in [0.25, 0.3) is 0 Å². The Labute approximate surface area is 95.0 Å². The molecule has 6 heteroatoms. The SMILES string of the molecule is NC(=O)C(N)CNCCCCn1ccnc1. The largest absolute Gasteiger partial charge is 0.368 e. The third-order valence-corrected chi connectivity index (χ3v) is 2.31. The summed E-state index contributed by atoms with van der Waals surface area (Å²) in [6.07, 6.45) is 7.61. The van der Waals surface area contributed by atoms with Crippen molar-refractivity contribution >= 4 is 5.91 Å². The third kappa shape index (κ3) is 4.90. The Bertz CT molecular complexity index is 298. The van der Waals surface area contributed by atoms with E-state index in [0.717, 1.165) is 25.9 Å². The Morgan fingerprint density at radius 1 is 1.50 bits per heavy atom. The van der Waals surface area contributed by atoms with Gasteiger partial charge in [0.05, 0.1) is 12.4 Å². The maximum Gasteiger partial charge on any atom is 0.235 e. The van der Waals surface area contributed by atoms with Gasteiger partial charge < -0.3 is 21.4 Å². The fourth-order valence-electron chi connectivity index (χ4n) is 1.32. The maximum atomic E-state index is 10.6. The lowest BCUT2D eigenvalue weighted by molar-refractivity contribution is -0.119. The van der Waals surface area contributed by atoms with Gasteiger partial charge in [0.15, 0.2) is 0 Å². The summed E-state index contributed by atoms with van der Waals surface area (Å²) in [5, 5.41) is 3.10. The van der Waals surface area contributed by atoms with Crippen LogP contribution in [0.5, 0.6) is 0 Å². The van der Waals surface area contributed by atoms with Crippen molar-refractivity contribution in [3.05, 3.63) is 18.7 Å². The standard InChI is InChI=1S/C10H19N5O/c11-9(10(12)16)7-13-3-1-2-5-15-6-4-14-8-15/h4,6,8-9,13H,1-3,5,7,11H2,(H2,12,16). The zero-order chi connectivity index (χ0) is 11.8. The molecule has 0 saturated heterocycles. The van der Waals surface area contributed by atoms with Gasteiger partial charge in [0.25, 0.3) is 0 Å². The molecule has 1 amide bonds. The molecule has 0 aliphatic rings. The van der Waals surface area contributed by atoms with Crippen LogP contribution in [0.2, 0.25) is 0 Å². The molecule has 0 aliphatic heterocycles. The number of aromatic nitrogens is 2. The van der Waals surface area contributed by atoms with Crippen molar-refractivity contribution < 1.29 is 4.79 Å². The molecule has 0 saturated carbocycles. The predicted molar refractivity (Wildman–Crippen MR) is 61.5 cm³/mol. The zero-order valence-electron chi connectivity index (χ0n) is 9.30. The molecule has 90 valence electrons. The van der Waals surface area contributed by atoms with Crippen LogP contribution >= 0.6 is 0 Å². The van der Waals surface area contributed by atoms with Gasteiger partial charge in [-0.1, -0.05) is 0 Å². The fourth-order valence-corrected chi connectivity index (χ4v) is 1.32. The van der Waals surface area contributed by atoms with Crippen LogP contribution < -0.4 is 16.8 Å². The Morgan fingerprint density at radius 3 is 2.94 bits per heavy atom. The van der Waals surface area contributed by atoms with Gasteiger partial charge in [-0.05, 0) is 19.4 Å². The molecular formula is C10H19N5O. The molecule has 16 heavy (non-hydrogen) atoms. The predicted octanol–water partition coefficient (Wildman–Crippen LogP) is -0.934. The van der Waals surface area contributed by atoms with Crippen molar-refractivity contribution in [3.63, 3.8) is 0 Å². The summed E-state index contributed by atoms with van der Waals surface area (Å²) >= 11 is 0. The molecular weight excluding hydrogens is 206 g/mol. The second-order valence-corrected chi connectivity index (χ2v) is 3.72. The first-order valence-electron chi connectivity index (χ1n) is 5.41. The van der Waals surface area contributed by atoms with Gasteiger partial charge in [-0.15, -0.1) is 0 Å². The van der Waals surface area contributed by atoms with Crippen molar-refractivity contribution in [2.75, 3.05) is 13.1 Å². The molecule has 1 rings (SSSR count). The first kappa shape index (κ1) is 12.7. The molecule has 1 unspecified atom stereocenters. The number of unbranched alkanes of at least 4 members (excludes halogenated alkanes) is 1. The first-order chi connectivity index (χ1) is 7.70.